The molecule has 7 nitrogen and oxygen atoms in total. The molecule has 1 N–H and O–H groups in total. The molecule has 0 aromatic heterocycles. The summed E-state index contributed by atoms with van der Waals surface area (Å²) < 4.78 is 46.0. The summed E-state index contributed by atoms with van der Waals surface area (Å²) in [5.74, 6) is 0.768. The van der Waals surface area contributed by atoms with Crippen LogP contribution in [-0.2, 0) is 14.8 Å². The van der Waals surface area contributed by atoms with Crippen molar-refractivity contribution >= 4 is 16.0 Å². The summed E-state index contributed by atoms with van der Waals surface area (Å²) in [5, 5.41) is 3.46. The van der Waals surface area contributed by atoms with Gasteiger partial charge in [0.25, 0.3) is 0 Å². The van der Waals surface area contributed by atoms with Gasteiger partial charge in [-0.05, 0) is 38.8 Å². The first-order valence-electron chi connectivity index (χ1n) is 10.7. The quantitative estimate of drug-likeness (QED) is 0.495. The van der Waals surface area contributed by atoms with Crippen molar-refractivity contribution in [2.24, 2.45) is 4.99 Å². The fourth-order valence-corrected chi connectivity index (χ4v) is 5.01. The highest BCUT2D eigenvalue weighted by Gasteiger charge is 2.41. The van der Waals surface area contributed by atoms with Crippen LogP contribution in [0.1, 0.15) is 38.7 Å². The van der Waals surface area contributed by atoms with Crippen LogP contribution in [0.15, 0.2) is 29.3 Å². The molecule has 0 bridgehead atoms. The summed E-state index contributed by atoms with van der Waals surface area (Å²) in [6.07, 6.45) is 0.889. The lowest BCUT2D eigenvalue weighted by molar-refractivity contribution is 0.0904. The summed E-state index contributed by atoms with van der Waals surface area (Å²) in [6, 6.07) is 7.06. The zero-order chi connectivity index (χ0) is 21.7. The lowest BCUT2D eigenvalue weighted by atomic mass is 10.1. The van der Waals surface area contributed by atoms with Crippen molar-refractivity contribution in [2.45, 2.75) is 45.3 Å². The Balaban J connectivity index is 1.53. The number of benzene rings is 1. The molecule has 2 fully saturated rings. The van der Waals surface area contributed by atoms with Crippen molar-refractivity contribution in [2.75, 3.05) is 45.1 Å². The summed E-state index contributed by atoms with van der Waals surface area (Å²) >= 11 is 0. The number of hydrogen-bond donors (Lipinski definition) is 1. The van der Waals surface area contributed by atoms with Crippen molar-refractivity contribution in [3.8, 4) is 0 Å². The maximum Gasteiger partial charge on any atom is 0.216 e. The molecule has 9 heteroatoms. The molecule has 30 heavy (non-hydrogen) atoms. The normalized spacial score (nSPS) is 23.1. The molecule has 1 aromatic carbocycles. The molecule has 1 heterocycles. The number of guanidine groups is 1. The van der Waals surface area contributed by atoms with Gasteiger partial charge in [0.15, 0.2) is 5.96 Å². The van der Waals surface area contributed by atoms with Gasteiger partial charge in [-0.3, -0.25) is 4.99 Å². The molecular formula is C21H33FN4O3S. The van der Waals surface area contributed by atoms with Crippen molar-refractivity contribution in [1.82, 2.24) is 14.5 Å². The van der Waals surface area contributed by atoms with Crippen LogP contribution in [0.5, 0.6) is 0 Å². The molecule has 1 aliphatic heterocycles. The largest absolute Gasteiger partial charge is 0.378 e. The number of aliphatic imine (C=N–C) groups is 1. The number of sulfonamides is 1. The SMILES string of the molecule is CCN=C(NC1CC1c1ccccc1F)N1CCN(S(=O)(=O)CCOC(C)C)CC1. The minimum atomic E-state index is -3.32. The first kappa shape index (κ1) is 23.0. The van der Waals surface area contributed by atoms with Crippen LogP contribution < -0.4 is 5.32 Å². The molecule has 1 saturated heterocycles. The van der Waals surface area contributed by atoms with Crippen LogP contribution in [0.2, 0.25) is 0 Å². The van der Waals surface area contributed by atoms with E-state index in [-0.39, 0.29) is 36.2 Å². The van der Waals surface area contributed by atoms with E-state index in [1.165, 1.54) is 10.4 Å². The Morgan fingerprint density at radius 1 is 1.27 bits per heavy atom. The summed E-state index contributed by atoms with van der Waals surface area (Å²) in [6.45, 7) is 8.60. The molecule has 1 saturated carbocycles. The fourth-order valence-electron chi connectivity index (χ4n) is 3.72. The first-order chi connectivity index (χ1) is 14.3. The molecule has 1 aliphatic carbocycles. The first-order valence-corrected chi connectivity index (χ1v) is 12.3. The van der Waals surface area contributed by atoms with Crippen molar-refractivity contribution in [3.05, 3.63) is 35.6 Å². The average molecular weight is 441 g/mol. The van der Waals surface area contributed by atoms with E-state index in [9.17, 15) is 12.8 Å². The summed E-state index contributed by atoms with van der Waals surface area (Å²) in [5.41, 5.74) is 0.741. The Kier molecular flexibility index (Phi) is 7.70. The van der Waals surface area contributed by atoms with E-state index in [1.807, 2.05) is 32.9 Å². The van der Waals surface area contributed by atoms with Gasteiger partial charge in [-0.15, -0.1) is 0 Å². The number of hydrogen-bond acceptors (Lipinski definition) is 4. The van der Waals surface area contributed by atoms with Gasteiger partial charge in [-0.2, -0.15) is 4.31 Å². The number of rotatable bonds is 8. The zero-order valence-corrected chi connectivity index (χ0v) is 18.9. The van der Waals surface area contributed by atoms with Gasteiger partial charge in [-0.1, -0.05) is 18.2 Å². The molecule has 0 radical (unpaired) electrons. The molecule has 2 atom stereocenters. The smallest absolute Gasteiger partial charge is 0.216 e. The van der Waals surface area contributed by atoms with Crippen molar-refractivity contribution in [1.29, 1.82) is 0 Å². The van der Waals surface area contributed by atoms with E-state index < -0.39 is 10.0 Å². The van der Waals surface area contributed by atoms with Gasteiger partial charge in [-0.25, -0.2) is 12.8 Å². The molecule has 2 unspecified atom stereocenters. The zero-order valence-electron chi connectivity index (χ0n) is 18.1. The number of piperazine rings is 1. The van der Waals surface area contributed by atoms with Crippen LogP contribution in [0.4, 0.5) is 4.39 Å². The number of nitrogens with one attached hydrogen (secondary N) is 1. The monoisotopic (exact) mass is 440 g/mol. The van der Waals surface area contributed by atoms with Crippen LogP contribution in [0, 0.1) is 5.82 Å². The van der Waals surface area contributed by atoms with Gasteiger partial charge < -0.3 is 15.0 Å². The Morgan fingerprint density at radius 2 is 1.97 bits per heavy atom. The van der Waals surface area contributed by atoms with E-state index in [0.717, 1.165) is 17.9 Å². The predicted octanol–water partition coefficient (Wildman–Crippen LogP) is 2.02. The number of halogens is 1. The molecular weight excluding hydrogens is 407 g/mol. The molecule has 0 spiro atoms. The molecule has 3 rings (SSSR count). The van der Waals surface area contributed by atoms with Gasteiger partial charge in [0.2, 0.25) is 10.0 Å². The minimum Gasteiger partial charge on any atom is -0.378 e. The van der Waals surface area contributed by atoms with E-state index in [1.54, 1.807) is 6.07 Å². The molecule has 168 valence electrons. The second kappa shape index (κ2) is 10.1. The van der Waals surface area contributed by atoms with E-state index in [2.05, 4.69) is 15.2 Å². The maximum absolute atomic E-state index is 14.0. The average Bonchev–Trinajstić information content (AvgIpc) is 3.46. The lowest BCUT2D eigenvalue weighted by Gasteiger charge is -2.36. The maximum atomic E-state index is 14.0. The fraction of sp³-hybridized carbons (Fsp3) is 0.667. The van der Waals surface area contributed by atoms with Crippen LogP contribution in [-0.4, -0.2) is 80.8 Å². The Labute approximate surface area is 179 Å². The topological polar surface area (TPSA) is 74.2 Å². The van der Waals surface area contributed by atoms with Gasteiger partial charge in [0.1, 0.15) is 5.82 Å². The second-order valence-corrected chi connectivity index (χ2v) is 10.1. The van der Waals surface area contributed by atoms with Crippen LogP contribution in [0.25, 0.3) is 0 Å². The Bertz CT molecular complexity index is 838. The van der Waals surface area contributed by atoms with E-state index >= 15 is 0 Å². The molecule has 2 aliphatic rings. The summed E-state index contributed by atoms with van der Waals surface area (Å²) in [4.78, 5) is 6.68. The standard InChI is InChI=1S/C21H33FN4O3S/c1-4-23-21(24-20-15-18(20)17-7-5-6-8-19(17)22)25-9-11-26(12-10-25)30(27,28)14-13-29-16(2)3/h5-8,16,18,20H,4,9-15H2,1-3H3,(H,23,24). The van der Waals surface area contributed by atoms with E-state index in [4.69, 9.17) is 4.74 Å². The highest BCUT2D eigenvalue weighted by atomic mass is 32.2. The lowest BCUT2D eigenvalue weighted by Crippen LogP contribution is -2.54. The summed E-state index contributed by atoms with van der Waals surface area (Å²) in [7, 11) is -3.32. The van der Waals surface area contributed by atoms with Crippen LogP contribution >= 0.6 is 0 Å². The Hall–Kier alpha value is -1.71. The van der Waals surface area contributed by atoms with Gasteiger partial charge in [0.05, 0.1) is 18.5 Å². The van der Waals surface area contributed by atoms with Gasteiger partial charge in [0, 0.05) is 44.7 Å². The Morgan fingerprint density at radius 3 is 2.60 bits per heavy atom. The number of nitrogens with zero attached hydrogens (tertiary/aromatic N) is 3. The molecule has 1 aromatic rings. The highest BCUT2D eigenvalue weighted by Crippen LogP contribution is 2.41. The van der Waals surface area contributed by atoms with Crippen molar-refractivity contribution in [3.63, 3.8) is 0 Å². The predicted molar refractivity (Wildman–Crippen MR) is 117 cm³/mol. The van der Waals surface area contributed by atoms with E-state index in [0.29, 0.717) is 32.7 Å². The highest BCUT2D eigenvalue weighted by molar-refractivity contribution is 7.89. The second-order valence-electron chi connectivity index (χ2n) is 8.03. The number of ether oxygens (including phenoxy) is 1. The minimum absolute atomic E-state index is 0.00568. The third-order valence-corrected chi connectivity index (χ3v) is 7.28. The molecule has 0 amide bonds. The third kappa shape index (κ3) is 5.92. The van der Waals surface area contributed by atoms with Crippen LogP contribution in [0.3, 0.4) is 0 Å². The third-order valence-electron chi connectivity index (χ3n) is 5.44. The van der Waals surface area contributed by atoms with Crippen molar-refractivity contribution < 1.29 is 17.5 Å². The van der Waals surface area contributed by atoms with Gasteiger partial charge >= 0.3 is 0 Å².